The van der Waals surface area contributed by atoms with Crippen LogP contribution in [-0.2, 0) is 27.2 Å². The summed E-state index contributed by atoms with van der Waals surface area (Å²) in [7, 11) is -3.20. The number of hydrogen-bond donors (Lipinski definition) is 5. The number of fused-ring (bicyclic) bond motifs is 1. The van der Waals surface area contributed by atoms with Crippen LogP contribution in [0.2, 0.25) is 0 Å². The monoisotopic (exact) mass is 636 g/mol. The van der Waals surface area contributed by atoms with Gasteiger partial charge in [-0.05, 0) is 59.8 Å². The van der Waals surface area contributed by atoms with E-state index >= 15 is 0 Å². The lowest BCUT2D eigenvalue weighted by Gasteiger charge is -2.19. The first-order valence-electron chi connectivity index (χ1n) is 15.0. The van der Waals surface area contributed by atoms with Crippen molar-refractivity contribution < 1.29 is 8.42 Å². The number of aliphatic imine (C=N–C) groups is 1. The molecule has 0 amide bonds. The van der Waals surface area contributed by atoms with Crippen LogP contribution in [0, 0.1) is 0 Å². The number of sulfone groups is 1. The maximum absolute atomic E-state index is 12.5. The van der Waals surface area contributed by atoms with Gasteiger partial charge in [0.2, 0.25) is 0 Å². The van der Waals surface area contributed by atoms with Crippen molar-refractivity contribution in [2.45, 2.75) is 70.2 Å². The molecule has 0 saturated carbocycles. The van der Waals surface area contributed by atoms with Crippen LogP contribution >= 0.6 is 0 Å². The summed E-state index contributed by atoms with van der Waals surface area (Å²) < 4.78 is 25.0. The number of rotatable bonds is 10. The molecule has 0 saturated heterocycles. The Hall–Kier alpha value is -4.00. The number of benzene rings is 2. The molecule has 4 rings (SSSR count). The summed E-state index contributed by atoms with van der Waals surface area (Å²) in [6.07, 6.45) is 2.71. The second-order valence-electron chi connectivity index (χ2n) is 13.0. The standard InChI is InChI=1S/C21H29N7O.C12H19NO2S/c1-21(2,3)17-11-15-13-28(20(29)27-18(15)26-17)16-7-5-14(6-8-16)12-24-9-4-10-25-19(22)23;1-12(2,3)10-4-6-11(7-5-10)16(14,15)9-8-13/h5-8,11,13,24H,4,9-10,12H2,1-3H3,(H4,22,23,25)(H,26,27,29);4-7H,8-9,13H2,1-3H3. The lowest BCUT2D eigenvalue weighted by atomic mass is 9.87. The maximum Gasteiger partial charge on any atom is 0.354 e. The molecule has 2 aromatic heterocycles. The lowest BCUT2D eigenvalue weighted by molar-refractivity contribution is 0.574. The van der Waals surface area contributed by atoms with Gasteiger partial charge in [-0.2, -0.15) is 4.98 Å². The molecule has 0 unspecified atom stereocenters. The first-order valence-corrected chi connectivity index (χ1v) is 16.7. The molecule has 0 fully saturated rings. The minimum Gasteiger partial charge on any atom is -0.370 e. The Morgan fingerprint density at radius 3 is 2.18 bits per heavy atom. The van der Waals surface area contributed by atoms with E-state index in [2.05, 4.69) is 67.9 Å². The highest BCUT2D eigenvalue weighted by atomic mass is 32.2. The molecule has 0 bridgehead atoms. The molecule has 0 aliphatic heterocycles. The molecule has 2 heterocycles. The van der Waals surface area contributed by atoms with Crippen LogP contribution in [0.1, 0.15) is 64.8 Å². The van der Waals surface area contributed by atoms with E-state index in [1.165, 1.54) is 0 Å². The van der Waals surface area contributed by atoms with Crippen LogP contribution in [0.4, 0.5) is 0 Å². The Labute approximate surface area is 266 Å². The Kier molecular flexibility index (Phi) is 11.7. The van der Waals surface area contributed by atoms with E-state index in [0.717, 1.165) is 47.4 Å². The molecule has 0 aliphatic carbocycles. The average Bonchev–Trinajstić information content (AvgIpc) is 3.38. The van der Waals surface area contributed by atoms with Crippen molar-refractivity contribution in [3.05, 3.63) is 88.1 Å². The van der Waals surface area contributed by atoms with E-state index in [9.17, 15) is 13.2 Å². The topological polar surface area (TPSA) is 187 Å². The fraction of sp³-hybridized carbons (Fsp3) is 0.424. The third-order valence-electron chi connectivity index (χ3n) is 7.13. The van der Waals surface area contributed by atoms with Crippen LogP contribution in [-0.4, -0.2) is 54.3 Å². The number of hydrogen-bond acceptors (Lipinski definition) is 7. The second kappa shape index (κ2) is 14.9. The molecule has 8 N–H and O–H groups in total. The molecular formula is C33H48N8O3S. The quantitative estimate of drug-likeness (QED) is 0.0994. The Morgan fingerprint density at radius 1 is 0.978 bits per heavy atom. The van der Waals surface area contributed by atoms with Gasteiger partial charge in [0.15, 0.2) is 15.8 Å². The molecule has 12 heteroatoms. The number of guanidine groups is 1. The Bertz CT molecular complexity index is 1740. The number of aromatic nitrogens is 3. The molecule has 0 spiro atoms. The molecule has 2 aromatic carbocycles. The highest BCUT2D eigenvalue weighted by Crippen LogP contribution is 2.25. The Morgan fingerprint density at radius 2 is 1.62 bits per heavy atom. The summed E-state index contributed by atoms with van der Waals surface area (Å²) in [6, 6.07) is 17.0. The molecular weight excluding hydrogens is 588 g/mol. The minimum atomic E-state index is -3.20. The van der Waals surface area contributed by atoms with Crippen LogP contribution in [0.15, 0.2) is 75.5 Å². The van der Waals surface area contributed by atoms with E-state index in [-0.39, 0.29) is 34.8 Å². The van der Waals surface area contributed by atoms with Gasteiger partial charge in [0.05, 0.1) is 16.3 Å². The number of aromatic amines is 1. The molecule has 0 aliphatic rings. The zero-order valence-corrected chi connectivity index (χ0v) is 28.0. The zero-order valence-electron chi connectivity index (χ0n) is 27.2. The van der Waals surface area contributed by atoms with Gasteiger partial charge in [-0.1, -0.05) is 65.8 Å². The van der Waals surface area contributed by atoms with Gasteiger partial charge in [0, 0.05) is 42.3 Å². The van der Waals surface area contributed by atoms with Crippen molar-refractivity contribution in [2.24, 2.45) is 22.2 Å². The lowest BCUT2D eigenvalue weighted by Crippen LogP contribution is -2.23. The number of nitrogens with one attached hydrogen (secondary N) is 2. The number of H-pyrrole nitrogens is 1. The molecule has 0 atom stereocenters. The van der Waals surface area contributed by atoms with Gasteiger partial charge < -0.3 is 27.5 Å². The Balaban J connectivity index is 0.000000292. The highest BCUT2D eigenvalue weighted by molar-refractivity contribution is 7.91. The predicted octanol–water partition coefficient (Wildman–Crippen LogP) is 3.48. The highest BCUT2D eigenvalue weighted by Gasteiger charge is 2.18. The molecule has 244 valence electrons. The van der Waals surface area contributed by atoms with E-state index < -0.39 is 9.84 Å². The van der Waals surface area contributed by atoms with Gasteiger partial charge in [-0.25, -0.2) is 13.2 Å². The zero-order chi connectivity index (χ0) is 33.4. The second-order valence-corrected chi connectivity index (χ2v) is 15.1. The van der Waals surface area contributed by atoms with Crippen LogP contribution in [0.25, 0.3) is 16.7 Å². The van der Waals surface area contributed by atoms with Gasteiger partial charge in [-0.3, -0.25) is 9.56 Å². The third-order valence-corrected chi connectivity index (χ3v) is 8.90. The normalized spacial score (nSPS) is 12.1. The summed E-state index contributed by atoms with van der Waals surface area (Å²) in [5.74, 6) is 0.125. The molecule has 0 radical (unpaired) electrons. The summed E-state index contributed by atoms with van der Waals surface area (Å²) in [5.41, 5.74) is 20.3. The van der Waals surface area contributed by atoms with E-state index in [4.69, 9.17) is 17.2 Å². The first-order chi connectivity index (χ1) is 21.0. The molecule has 4 aromatic rings. The first kappa shape index (κ1) is 35.5. The smallest absolute Gasteiger partial charge is 0.354 e. The van der Waals surface area contributed by atoms with Gasteiger partial charge in [-0.15, -0.1) is 0 Å². The largest absolute Gasteiger partial charge is 0.370 e. The van der Waals surface area contributed by atoms with Crippen molar-refractivity contribution in [1.82, 2.24) is 19.9 Å². The van der Waals surface area contributed by atoms with Gasteiger partial charge >= 0.3 is 5.69 Å². The van der Waals surface area contributed by atoms with Crippen molar-refractivity contribution in [3.63, 3.8) is 0 Å². The van der Waals surface area contributed by atoms with E-state index in [1.807, 2.05) is 42.6 Å². The van der Waals surface area contributed by atoms with Crippen LogP contribution in [0.3, 0.4) is 0 Å². The maximum atomic E-state index is 12.5. The van der Waals surface area contributed by atoms with E-state index in [1.54, 1.807) is 16.7 Å². The summed E-state index contributed by atoms with van der Waals surface area (Å²) in [4.78, 5) is 24.3. The number of nitrogens with two attached hydrogens (primary N) is 3. The summed E-state index contributed by atoms with van der Waals surface area (Å²) in [6.45, 7) is 15.0. The van der Waals surface area contributed by atoms with Gasteiger partial charge in [0.25, 0.3) is 0 Å². The number of nitrogens with zero attached hydrogens (tertiary/aromatic N) is 3. The van der Waals surface area contributed by atoms with Crippen molar-refractivity contribution in [2.75, 3.05) is 25.4 Å². The van der Waals surface area contributed by atoms with Gasteiger partial charge in [0.1, 0.15) is 5.65 Å². The van der Waals surface area contributed by atoms with Crippen molar-refractivity contribution in [3.8, 4) is 5.69 Å². The molecule has 11 nitrogen and oxygen atoms in total. The summed E-state index contributed by atoms with van der Waals surface area (Å²) in [5, 5.41) is 4.27. The van der Waals surface area contributed by atoms with Crippen LogP contribution in [0.5, 0.6) is 0 Å². The predicted molar refractivity (Wildman–Crippen MR) is 184 cm³/mol. The SMILES string of the molecule is CC(C)(C)c1cc2cn(-c3ccc(CNCCCN=C(N)N)cc3)c(=O)nc2[nH]1.CC(C)(C)c1ccc(S(=O)(=O)CCN)cc1. The average molecular weight is 637 g/mol. The minimum absolute atomic E-state index is 0.00185. The van der Waals surface area contributed by atoms with E-state index in [0.29, 0.717) is 17.1 Å². The summed E-state index contributed by atoms with van der Waals surface area (Å²) >= 11 is 0. The van der Waals surface area contributed by atoms with Crippen molar-refractivity contribution in [1.29, 1.82) is 0 Å². The third kappa shape index (κ3) is 10.3. The fourth-order valence-corrected chi connectivity index (χ4v) is 5.53. The fourth-order valence-electron chi connectivity index (χ4n) is 4.44. The van der Waals surface area contributed by atoms with Crippen LogP contribution < -0.4 is 28.2 Å². The van der Waals surface area contributed by atoms with Crippen molar-refractivity contribution >= 4 is 26.8 Å². The molecule has 45 heavy (non-hydrogen) atoms.